The standard InChI is InChI=1S/C12H13BrN2O/c1-8-3-4-10(13)5-11(8)12(16)9-6-14-15(2)7-9/h3-7,12,16H,1-2H3. The Morgan fingerprint density at radius 3 is 2.81 bits per heavy atom. The number of benzene rings is 1. The van der Waals surface area contributed by atoms with Crippen molar-refractivity contribution in [1.82, 2.24) is 9.78 Å². The molecule has 0 bridgehead atoms. The molecular formula is C12H13BrN2O. The second kappa shape index (κ2) is 4.39. The third-order valence-corrected chi connectivity index (χ3v) is 3.07. The van der Waals surface area contributed by atoms with Crippen molar-refractivity contribution in [2.45, 2.75) is 13.0 Å². The quantitative estimate of drug-likeness (QED) is 0.918. The number of hydrogen-bond acceptors (Lipinski definition) is 2. The lowest BCUT2D eigenvalue weighted by Crippen LogP contribution is -2.01. The zero-order valence-electron chi connectivity index (χ0n) is 9.18. The molecule has 1 heterocycles. The van der Waals surface area contributed by atoms with Crippen LogP contribution in [-0.2, 0) is 7.05 Å². The first kappa shape index (κ1) is 11.4. The topological polar surface area (TPSA) is 38.1 Å². The Balaban J connectivity index is 2.40. The van der Waals surface area contributed by atoms with Gasteiger partial charge in [-0.05, 0) is 30.2 Å². The molecule has 0 aliphatic heterocycles. The monoisotopic (exact) mass is 280 g/mol. The maximum Gasteiger partial charge on any atom is 0.107 e. The van der Waals surface area contributed by atoms with Crippen molar-refractivity contribution in [1.29, 1.82) is 0 Å². The highest BCUT2D eigenvalue weighted by atomic mass is 79.9. The molecule has 0 saturated heterocycles. The van der Waals surface area contributed by atoms with Gasteiger partial charge < -0.3 is 5.11 Å². The summed E-state index contributed by atoms with van der Waals surface area (Å²) >= 11 is 3.41. The van der Waals surface area contributed by atoms with Gasteiger partial charge >= 0.3 is 0 Å². The number of aliphatic hydroxyl groups is 1. The molecule has 84 valence electrons. The molecule has 1 unspecified atom stereocenters. The Morgan fingerprint density at radius 1 is 1.44 bits per heavy atom. The molecule has 0 amide bonds. The third kappa shape index (κ3) is 2.18. The highest BCUT2D eigenvalue weighted by Crippen LogP contribution is 2.26. The van der Waals surface area contributed by atoms with Crippen molar-refractivity contribution in [3.8, 4) is 0 Å². The van der Waals surface area contributed by atoms with Gasteiger partial charge in [0.2, 0.25) is 0 Å². The Labute approximate surface area is 103 Å². The SMILES string of the molecule is Cc1ccc(Br)cc1C(O)c1cnn(C)c1. The van der Waals surface area contributed by atoms with E-state index in [4.69, 9.17) is 0 Å². The normalized spacial score (nSPS) is 12.8. The third-order valence-electron chi connectivity index (χ3n) is 2.58. The lowest BCUT2D eigenvalue weighted by atomic mass is 10.00. The summed E-state index contributed by atoms with van der Waals surface area (Å²) in [4.78, 5) is 0. The van der Waals surface area contributed by atoms with E-state index in [0.717, 1.165) is 21.2 Å². The van der Waals surface area contributed by atoms with Gasteiger partial charge in [0.05, 0.1) is 6.20 Å². The van der Waals surface area contributed by atoms with E-state index in [2.05, 4.69) is 21.0 Å². The lowest BCUT2D eigenvalue weighted by molar-refractivity contribution is 0.219. The van der Waals surface area contributed by atoms with Crippen LogP contribution in [0.4, 0.5) is 0 Å². The minimum atomic E-state index is -0.619. The van der Waals surface area contributed by atoms with Gasteiger partial charge in [0.1, 0.15) is 6.10 Å². The maximum atomic E-state index is 10.2. The molecule has 4 heteroatoms. The van der Waals surface area contributed by atoms with E-state index in [1.807, 2.05) is 38.4 Å². The summed E-state index contributed by atoms with van der Waals surface area (Å²) in [7, 11) is 1.84. The first-order valence-electron chi connectivity index (χ1n) is 5.00. The molecule has 3 nitrogen and oxygen atoms in total. The summed E-state index contributed by atoms with van der Waals surface area (Å²) in [6, 6.07) is 5.89. The summed E-state index contributed by atoms with van der Waals surface area (Å²) < 4.78 is 2.65. The van der Waals surface area contributed by atoms with Crippen LogP contribution in [0, 0.1) is 6.92 Å². The molecule has 2 aromatic rings. The van der Waals surface area contributed by atoms with Crippen LogP contribution in [0.25, 0.3) is 0 Å². The minimum absolute atomic E-state index is 0.619. The molecular weight excluding hydrogens is 268 g/mol. The lowest BCUT2D eigenvalue weighted by Gasteiger charge is -2.12. The van der Waals surface area contributed by atoms with E-state index in [0.29, 0.717) is 0 Å². The predicted molar refractivity (Wildman–Crippen MR) is 66.1 cm³/mol. The van der Waals surface area contributed by atoms with Crippen LogP contribution in [-0.4, -0.2) is 14.9 Å². The number of halogens is 1. The molecule has 16 heavy (non-hydrogen) atoms. The molecule has 1 aromatic heterocycles. The molecule has 0 aliphatic rings. The number of nitrogens with zero attached hydrogens (tertiary/aromatic N) is 2. The summed E-state index contributed by atoms with van der Waals surface area (Å²) in [6.07, 6.45) is 2.89. The van der Waals surface area contributed by atoms with Gasteiger partial charge in [0, 0.05) is 23.3 Å². The van der Waals surface area contributed by atoms with E-state index in [1.54, 1.807) is 10.9 Å². The van der Waals surface area contributed by atoms with Crippen LogP contribution >= 0.6 is 15.9 Å². The van der Waals surface area contributed by atoms with Gasteiger partial charge in [-0.25, -0.2) is 0 Å². The molecule has 2 rings (SSSR count). The highest BCUT2D eigenvalue weighted by Gasteiger charge is 2.14. The Kier molecular flexibility index (Phi) is 3.12. The van der Waals surface area contributed by atoms with E-state index < -0.39 is 6.10 Å². The van der Waals surface area contributed by atoms with Gasteiger partial charge in [-0.1, -0.05) is 22.0 Å². The second-order valence-electron chi connectivity index (χ2n) is 3.85. The summed E-state index contributed by atoms with van der Waals surface area (Å²) in [5.41, 5.74) is 2.78. The predicted octanol–water partition coefficient (Wildman–Crippen LogP) is 2.57. The van der Waals surface area contributed by atoms with Gasteiger partial charge in [-0.3, -0.25) is 4.68 Å². The smallest absolute Gasteiger partial charge is 0.107 e. The molecule has 0 saturated carbocycles. The molecule has 0 radical (unpaired) electrons. The summed E-state index contributed by atoms with van der Waals surface area (Å²) in [5.74, 6) is 0. The van der Waals surface area contributed by atoms with Crippen LogP contribution < -0.4 is 0 Å². The molecule has 1 atom stereocenters. The van der Waals surface area contributed by atoms with Gasteiger partial charge in [0.25, 0.3) is 0 Å². The van der Waals surface area contributed by atoms with E-state index >= 15 is 0 Å². The van der Waals surface area contributed by atoms with Crippen LogP contribution in [0.3, 0.4) is 0 Å². The van der Waals surface area contributed by atoms with Gasteiger partial charge in [-0.2, -0.15) is 5.10 Å². The average molecular weight is 281 g/mol. The van der Waals surface area contributed by atoms with Crippen LogP contribution in [0.15, 0.2) is 35.1 Å². The average Bonchev–Trinajstić information content (AvgIpc) is 2.67. The summed E-state index contributed by atoms with van der Waals surface area (Å²) in [6.45, 7) is 1.99. The first-order chi connectivity index (χ1) is 7.58. The number of rotatable bonds is 2. The van der Waals surface area contributed by atoms with E-state index in [9.17, 15) is 5.11 Å². The van der Waals surface area contributed by atoms with Crippen molar-refractivity contribution in [2.24, 2.45) is 7.05 Å². The Hall–Kier alpha value is -1.13. The fourth-order valence-electron chi connectivity index (χ4n) is 1.67. The van der Waals surface area contributed by atoms with Crippen LogP contribution in [0.5, 0.6) is 0 Å². The maximum absolute atomic E-state index is 10.2. The van der Waals surface area contributed by atoms with Gasteiger partial charge in [-0.15, -0.1) is 0 Å². The van der Waals surface area contributed by atoms with Crippen molar-refractivity contribution in [3.63, 3.8) is 0 Å². The number of aromatic nitrogens is 2. The summed E-state index contributed by atoms with van der Waals surface area (Å²) in [5, 5.41) is 14.3. The molecule has 0 spiro atoms. The van der Waals surface area contributed by atoms with E-state index in [-0.39, 0.29) is 0 Å². The molecule has 0 fully saturated rings. The number of aliphatic hydroxyl groups excluding tert-OH is 1. The molecule has 1 N–H and O–H groups in total. The number of aryl methyl sites for hydroxylation is 2. The number of hydrogen-bond donors (Lipinski definition) is 1. The second-order valence-corrected chi connectivity index (χ2v) is 4.77. The molecule has 0 aliphatic carbocycles. The van der Waals surface area contributed by atoms with E-state index in [1.165, 1.54) is 0 Å². The fraction of sp³-hybridized carbons (Fsp3) is 0.250. The van der Waals surface area contributed by atoms with Crippen molar-refractivity contribution in [3.05, 3.63) is 51.8 Å². The van der Waals surface area contributed by atoms with Crippen LogP contribution in [0.2, 0.25) is 0 Å². The Morgan fingerprint density at radius 2 is 2.19 bits per heavy atom. The van der Waals surface area contributed by atoms with Crippen molar-refractivity contribution < 1.29 is 5.11 Å². The van der Waals surface area contributed by atoms with Crippen molar-refractivity contribution >= 4 is 15.9 Å². The largest absolute Gasteiger partial charge is 0.384 e. The molecule has 1 aromatic carbocycles. The zero-order valence-corrected chi connectivity index (χ0v) is 10.8. The van der Waals surface area contributed by atoms with Crippen molar-refractivity contribution in [2.75, 3.05) is 0 Å². The first-order valence-corrected chi connectivity index (χ1v) is 5.80. The van der Waals surface area contributed by atoms with Crippen LogP contribution in [0.1, 0.15) is 22.8 Å². The fourth-order valence-corrected chi connectivity index (χ4v) is 2.05. The zero-order chi connectivity index (χ0) is 11.7. The Bertz CT molecular complexity index is 507. The minimum Gasteiger partial charge on any atom is -0.384 e. The highest BCUT2D eigenvalue weighted by molar-refractivity contribution is 9.10. The van der Waals surface area contributed by atoms with Gasteiger partial charge in [0.15, 0.2) is 0 Å².